The average Bonchev–Trinajstić information content (AvgIpc) is 3.21. The Morgan fingerprint density at radius 1 is 1.20 bits per heavy atom. The summed E-state index contributed by atoms with van der Waals surface area (Å²) in [6.07, 6.45) is 0.613. The molecule has 1 aliphatic carbocycles. The molecule has 0 bridgehead atoms. The standard InChI is InChI=1S/C16H11N5O3S/c22-15-13-7-2-1-4-10(13)8-14(15)25-16-17-18-19-20(16)11-5-3-6-12(9-11)21(23)24/h1-7,9,14H,8H2/t14-/m0/s1. The number of rotatable bonds is 4. The van der Waals surface area contributed by atoms with E-state index in [-0.39, 0.29) is 16.7 Å². The Morgan fingerprint density at radius 3 is 2.84 bits per heavy atom. The number of non-ortho nitro benzene ring substituents is 1. The van der Waals surface area contributed by atoms with Crippen molar-refractivity contribution in [1.82, 2.24) is 20.2 Å². The lowest BCUT2D eigenvalue weighted by Gasteiger charge is -2.08. The zero-order chi connectivity index (χ0) is 17.4. The van der Waals surface area contributed by atoms with E-state index < -0.39 is 4.92 Å². The van der Waals surface area contributed by atoms with E-state index in [1.165, 1.54) is 28.6 Å². The molecule has 0 spiro atoms. The summed E-state index contributed by atoms with van der Waals surface area (Å²) in [6.45, 7) is 0. The van der Waals surface area contributed by atoms with E-state index in [1.54, 1.807) is 12.1 Å². The van der Waals surface area contributed by atoms with E-state index in [0.29, 0.717) is 17.3 Å². The normalized spacial score (nSPS) is 16.0. The van der Waals surface area contributed by atoms with Crippen LogP contribution in [0.25, 0.3) is 5.69 Å². The largest absolute Gasteiger partial charge is 0.293 e. The number of aromatic nitrogens is 4. The zero-order valence-electron chi connectivity index (χ0n) is 12.8. The molecule has 1 aromatic heterocycles. The van der Waals surface area contributed by atoms with Gasteiger partial charge in [0.25, 0.3) is 5.69 Å². The maximum absolute atomic E-state index is 12.5. The molecule has 0 amide bonds. The lowest BCUT2D eigenvalue weighted by Crippen LogP contribution is -2.13. The Bertz CT molecular complexity index is 987. The topological polar surface area (TPSA) is 104 Å². The fraction of sp³-hybridized carbons (Fsp3) is 0.125. The molecule has 25 heavy (non-hydrogen) atoms. The summed E-state index contributed by atoms with van der Waals surface area (Å²) in [7, 11) is 0. The Labute approximate surface area is 146 Å². The maximum atomic E-state index is 12.5. The van der Waals surface area contributed by atoms with E-state index in [1.807, 2.05) is 24.3 Å². The Balaban J connectivity index is 1.62. The van der Waals surface area contributed by atoms with Gasteiger partial charge in [-0.1, -0.05) is 42.1 Å². The van der Waals surface area contributed by atoms with Crippen LogP contribution in [-0.2, 0) is 6.42 Å². The predicted molar refractivity (Wildman–Crippen MR) is 89.9 cm³/mol. The number of carbonyl (C=O) groups excluding carboxylic acids is 1. The molecule has 0 saturated carbocycles. The van der Waals surface area contributed by atoms with Gasteiger partial charge in [-0.2, -0.15) is 4.68 Å². The van der Waals surface area contributed by atoms with E-state index in [2.05, 4.69) is 15.5 Å². The summed E-state index contributed by atoms with van der Waals surface area (Å²) in [4.78, 5) is 23.0. The molecule has 124 valence electrons. The van der Waals surface area contributed by atoms with Gasteiger partial charge in [-0.05, 0) is 28.5 Å². The number of benzene rings is 2. The number of hydrogen-bond donors (Lipinski definition) is 0. The Kier molecular flexibility index (Phi) is 3.77. The molecule has 1 atom stereocenters. The Hall–Kier alpha value is -3.07. The number of fused-ring (bicyclic) bond motifs is 1. The van der Waals surface area contributed by atoms with Gasteiger partial charge in [-0.25, -0.2) is 0 Å². The first-order chi connectivity index (χ1) is 12.1. The SMILES string of the molecule is O=C1c2ccccc2C[C@@H]1Sc1nnnn1-c1cccc([N+](=O)[O-])c1. The van der Waals surface area contributed by atoms with Crippen molar-refractivity contribution in [2.45, 2.75) is 16.8 Å². The third-order valence-corrected chi connectivity index (χ3v) is 5.08. The predicted octanol–water partition coefficient (Wildman–Crippen LogP) is 2.47. The molecule has 3 aromatic rings. The lowest BCUT2D eigenvalue weighted by atomic mass is 10.1. The van der Waals surface area contributed by atoms with Crippen LogP contribution >= 0.6 is 11.8 Å². The van der Waals surface area contributed by atoms with Gasteiger partial charge >= 0.3 is 0 Å². The summed E-state index contributed by atoms with van der Waals surface area (Å²) in [5.41, 5.74) is 2.17. The molecular weight excluding hydrogens is 342 g/mol. The first kappa shape index (κ1) is 15.5. The number of thioether (sulfide) groups is 1. The van der Waals surface area contributed by atoms with Crippen LogP contribution in [0.3, 0.4) is 0 Å². The third-order valence-electron chi connectivity index (χ3n) is 3.95. The molecule has 1 aliphatic rings. The van der Waals surface area contributed by atoms with Crippen molar-refractivity contribution in [3.63, 3.8) is 0 Å². The van der Waals surface area contributed by atoms with Crippen LogP contribution in [0.1, 0.15) is 15.9 Å². The number of nitro groups is 1. The first-order valence-corrected chi connectivity index (χ1v) is 8.33. The summed E-state index contributed by atoms with van der Waals surface area (Å²) in [5.74, 6) is 0.0502. The van der Waals surface area contributed by atoms with Crippen molar-refractivity contribution in [1.29, 1.82) is 0 Å². The Morgan fingerprint density at radius 2 is 2.04 bits per heavy atom. The molecule has 0 saturated heterocycles. The summed E-state index contributed by atoms with van der Waals surface area (Å²) < 4.78 is 1.41. The molecule has 4 rings (SSSR count). The maximum Gasteiger partial charge on any atom is 0.271 e. The van der Waals surface area contributed by atoms with Crippen LogP contribution < -0.4 is 0 Å². The number of nitrogens with zero attached hydrogens (tertiary/aromatic N) is 5. The quantitative estimate of drug-likeness (QED) is 0.524. The van der Waals surface area contributed by atoms with E-state index in [4.69, 9.17) is 0 Å². The third kappa shape index (κ3) is 2.78. The number of nitro benzene ring substituents is 1. The van der Waals surface area contributed by atoms with Crippen LogP contribution in [0.4, 0.5) is 5.69 Å². The van der Waals surface area contributed by atoms with Crippen molar-refractivity contribution in [3.8, 4) is 5.69 Å². The summed E-state index contributed by atoms with van der Waals surface area (Å²) in [6, 6.07) is 13.6. The second-order valence-corrected chi connectivity index (χ2v) is 6.65. The van der Waals surface area contributed by atoms with Crippen LogP contribution in [0, 0.1) is 10.1 Å². The monoisotopic (exact) mass is 353 g/mol. The first-order valence-electron chi connectivity index (χ1n) is 7.45. The number of Topliss-reactive ketones (excluding diaryl/α,β-unsaturated/α-hetero) is 1. The van der Waals surface area contributed by atoms with Gasteiger partial charge < -0.3 is 0 Å². The number of hydrogen-bond acceptors (Lipinski definition) is 7. The minimum atomic E-state index is -0.474. The fourth-order valence-electron chi connectivity index (χ4n) is 2.78. The van der Waals surface area contributed by atoms with Crippen LogP contribution in [0.2, 0.25) is 0 Å². The van der Waals surface area contributed by atoms with Crippen LogP contribution in [-0.4, -0.2) is 36.2 Å². The van der Waals surface area contributed by atoms with E-state index in [9.17, 15) is 14.9 Å². The van der Waals surface area contributed by atoms with Crippen molar-refractivity contribution < 1.29 is 9.72 Å². The molecule has 8 nitrogen and oxygen atoms in total. The van der Waals surface area contributed by atoms with Crippen molar-refractivity contribution in [3.05, 3.63) is 69.8 Å². The van der Waals surface area contributed by atoms with E-state index in [0.717, 1.165) is 11.1 Å². The minimum Gasteiger partial charge on any atom is -0.293 e. The highest BCUT2D eigenvalue weighted by Gasteiger charge is 2.32. The summed E-state index contributed by atoms with van der Waals surface area (Å²) >= 11 is 1.27. The fourth-order valence-corrected chi connectivity index (χ4v) is 3.86. The molecule has 0 radical (unpaired) electrons. The van der Waals surface area contributed by atoms with Crippen LogP contribution in [0.15, 0.2) is 53.7 Å². The van der Waals surface area contributed by atoms with Gasteiger partial charge in [-0.3, -0.25) is 14.9 Å². The summed E-state index contributed by atoms with van der Waals surface area (Å²) in [5, 5.41) is 22.6. The van der Waals surface area contributed by atoms with Crippen molar-refractivity contribution >= 4 is 23.2 Å². The van der Waals surface area contributed by atoms with Gasteiger partial charge in [-0.15, -0.1) is 5.10 Å². The highest BCUT2D eigenvalue weighted by Crippen LogP contribution is 2.34. The second-order valence-electron chi connectivity index (χ2n) is 5.48. The molecule has 1 heterocycles. The molecule has 2 aromatic carbocycles. The van der Waals surface area contributed by atoms with Crippen molar-refractivity contribution in [2.24, 2.45) is 0 Å². The van der Waals surface area contributed by atoms with E-state index >= 15 is 0 Å². The molecule has 0 unspecified atom stereocenters. The molecular formula is C16H11N5O3S. The number of carbonyl (C=O) groups is 1. The highest BCUT2D eigenvalue weighted by atomic mass is 32.2. The molecule has 0 fully saturated rings. The van der Waals surface area contributed by atoms with Gasteiger partial charge in [0.05, 0.1) is 15.9 Å². The highest BCUT2D eigenvalue weighted by molar-refractivity contribution is 8.00. The minimum absolute atomic E-state index is 0.0479. The second kappa shape index (κ2) is 6.10. The van der Waals surface area contributed by atoms with Gasteiger partial charge in [0.15, 0.2) is 5.78 Å². The molecule has 9 heteroatoms. The number of ketones is 1. The van der Waals surface area contributed by atoms with Crippen LogP contribution in [0.5, 0.6) is 0 Å². The smallest absolute Gasteiger partial charge is 0.271 e. The zero-order valence-corrected chi connectivity index (χ0v) is 13.6. The molecule has 0 N–H and O–H groups in total. The lowest BCUT2D eigenvalue weighted by molar-refractivity contribution is -0.384. The van der Waals surface area contributed by atoms with Gasteiger partial charge in [0, 0.05) is 17.7 Å². The average molecular weight is 353 g/mol. The molecule has 0 aliphatic heterocycles. The van der Waals surface area contributed by atoms with Gasteiger partial charge in [0.2, 0.25) is 5.16 Å². The van der Waals surface area contributed by atoms with Crippen molar-refractivity contribution in [2.75, 3.05) is 0 Å². The number of tetrazole rings is 1. The van der Waals surface area contributed by atoms with Gasteiger partial charge in [0.1, 0.15) is 0 Å².